The molecule has 1 aliphatic rings. The molecule has 0 radical (unpaired) electrons. The van der Waals surface area contributed by atoms with E-state index in [9.17, 15) is 0 Å². The second kappa shape index (κ2) is 8.15. The highest BCUT2D eigenvalue weighted by Crippen LogP contribution is 2.28. The molecule has 1 aliphatic carbocycles. The van der Waals surface area contributed by atoms with E-state index in [1.165, 1.54) is 37.8 Å². The molecule has 20 heavy (non-hydrogen) atoms. The molecule has 2 N–H and O–H groups in total. The van der Waals surface area contributed by atoms with E-state index >= 15 is 0 Å². The Morgan fingerprint density at radius 2 is 2.05 bits per heavy atom. The summed E-state index contributed by atoms with van der Waals surface area (Å²) in [6, 6.07) is 8.40. The first-order chi connectivity index (χ1) is 9.83. The lowest BCUT2D eigenvalue weighted by Gasteiger charge is -2.31. The number of nitrogens with zero attached hydrogens (tertiary/aromatic N) is 1. The van der Waals surface area contributed by atoms with Gasteiger partial charge in [-0.2, -0.15) is 0 Å². The van der Waals surface area contributed by atoms with Gasteiger partial charge in [-0.1, -0.05) is 25.3 Å². The molecule has 0 aliphatic heterocycles. The van der Waals surface area contributed by atoms with Gasteiger partial charge in [0.25, 0.3) is 0 Å². The van der Waals surface area contributed by atoms with Crippen LogP contribution in [0.25, 0.3) is 0 Å². The maximum absolute atomic E-state index is 5.69. The summed E-state index contributed by atoms with van der Waals surface area (Å²) in [5.41, 5.74) is 6.96. The van der Waals surface area contributed by atoms with Gasteiger partial charge < -0.3 is 15.4 Å². The van der Waals surface area contributed by atoms with Crippen molar-refractivity contribution in [3.05, 3.63) is 24.3 Å². The van der Waals surface area contributed by atoms with Crippen LogP contribution in [0.5, 0.6) is 5.75 Å². The molecule has 1 aromatic rings. The summed E-state index contributed by atoms with van der Waals surface area (Å²) in [5, 5.41) is 0. The normalized spacial score (nSPS) is 16.1. The number of hydrogen-bond acceptors (Lipinski definition) is 3. The summed E-state index contributed by atoms with van der Waals surface area (Å²) in [7, 11) is 1.73. The number of methoxy groups -OCH3 is 1. The highest BCUT2D eigenvalue weighted by Gasteiger charge is 2.17. The van der Waals surface area contributed by atoms with Crippen molar-refractivity contribution < 1.29 is 4.74 Å². The third-order valence-corrected chi connectivity index (χ3v) is 4.25. The van der Waals surface area contributed by atoms with Gasteiger partial charge in [-0.25, -0.2) is 0 Å². The number of benzene rings is 1. The molecule has 0 unspecified atom stereocenters. The molecule has 3 nitrogen and oxygen atoms in total. The van der Waals surface area contributed by atoms with Crippen LogP contribution in [0.2, 0.25) is 0 Å². The van der Waals surface area contributed by atoms with Crippen LogP contribution < -0.4 is 15.4 Å². The fourth-order valence-electron chi connectivity index (χ4n) is 3.10. The summed E-state index contributed by atoms with van der Waals surface area (Å²) in [6.45, 7) is 2.96. The monoisotopic (exact) mass is 276 g/mol. The van der Waals surface area contributed by atoms with E-state index in [1.807, 2.05) is 6.07 Å². The molecule has 1 saturated carbocycles. The van der Waals surface area contributed by atoms with Crippen LogP contribution >= 0.6 is 0 Å². The van der Waals surface area contributed by atoms with Gasteiger partial charge in [-0.3, -0.25) is 0 Å². The Hall–Kier alpha value is -1.22. The Morgan fingerprint density at radius 3 is 2.75 bits per heavy atom. The van der Waals surface area contributed by atoms with Crippen molar-refractivity contribution in [2.45, 2.75) is 38.5 Å². The standard InChI is InChI=1S/C17H28N2O/c1-20-17-10-5-9-16(13-17)19(12-6-11-18)14-15-7-3-2-4-8-15/h5,9-10,13,15H,2-4,6-8,11-12,14,18H2,1H3. The minimum Gasteiger partial charge on any atom is -0.497 e. The maximum atomic E-state index is 5.69. The predicted molar refractivity (Wildman–Crippen MR) is 85.5 cm³/mol. The summed E-state index contributed by atoms with van der Waals surface area (Å²) >= 11 is 0. The Kier molecular flexibility index (Phi) is 6.19. The topological polar surface area (TPSA) is 38.5 Å². The van der Waals surface area contributed by atoms with Gasteiger partial charge in [0, 0.05) is 24.8 Å². The molecule has 0 saturated heterocycles. The molecule has 3 heteroatoms. The fraction of sp³-hybridized carbons (Fsp3) is 0.647. The maximum Gasteiger partial charge on any atom is 0.120 e. The van der Waals surface area contributed by atoms with Crippen molar-refractivity contribution in [1.29, 1.82) is 0 Å². The van der Waals surface area contributed by atoms with Gasteiger partial charge in [-0.05, 0) is 43.9 Å². The first-order valence-electron chi connectivity index (χ1n) is 7.92. The Balaban J connectivity index is 2.04. The Labute approximate surface area is 123 Å². The van der Waals surface area contributed by atoms with E-state index in [1.54, 1.807) is 7.11 Å². The Bertz CT molecular complexity index is 388. The summed E-state index contributed by atoms with van der Waals surface area (Å²) in [6.07, 6.45) is 8.01. The second-order valence-electron chi connectivity index (χ2n) is 5.79. The first-order valence-corrected chi connectivity index (χ1v) is 7.92. The lowest BCUT2D eigenvalue weighted by molar-refractivity contribution is 0.357. The third kappa shape index (κ3) is 4.41. The molecule has 112 valence electrons. The van der Waals surface area contributed by atoms with E-state index in [-0.39, 0.29) is 0 Å². The van der Waals surface area contributed by atoms with Crippen molar-refractivity contribution in [3.63, 3.8) is 0 Å². The molecule has 1 fully saturated rings. The van der Waals surface area contributed by atoms with E-state index in [0.29, 0.717) is 0 Å². The highest BCUT2D eigenvalue weighted by atomic mass is 16.5. The summed E-state index contributed by atoms with van der Waals surface area (Å²) in [5.74, 6) is 1.77. The second-order valence-corrected chi connectivity index (χ2v) is 5.79. The zero-order valence-electron chi connectivity index (χ0n) is 12.7. The fourth-order valence-corrected chi connectivity index (χ4v) is 3.10. The smallest absolute Gasteiger partial charge is 0.120 e. The van der Waals surface area contributed by atoms with Crippen LogP contribution in [0.15, 0.2) is 24.3 Å². The number of nitrogens with two attached hydrogens (primary N) is 1. The lowest BCUT2D eigenvalue weighted by Crippen LogP contribution is -2.32. The van der Waals surface area contributed by atoms with Gasteiger partial charge in [0.15, 0.2) is 0 Å². The third-order valence-electron chi connectivity index (χ3n) is 4.25. The molecule has 2 rings (SSSR count). The SMILES string of the molecule is COc1cccc(N(CCCN)CC2CCCCC2)c1. The molecule has 0 atom stereocenters. The largest absolute Gasteiger partial charge is 0.497 e. The van der Waals surface area contributed by atoms with E-state index in [2.05, 4.69) is 23.1 Å². The molecule has 0 amide bonds. The first kappa shape index (κ1) is 15.2. The van der Waals surface area contributed by atoms with E-state index in [0.717, 1.165) is 37.7 Å². The molecule has 1 aromatic carbocycles. The highest BCUT2D eigenvalue weighted by molar-refractivity contribution is 5.50. The molecule has 0 spiro atoms. The van der Waals surface area contributed by atoms with Gasteiger partial charge in [0.1, 0.15) is 5.75 Å². The lowest BCUT2D eigenvalue weighted by atomic mass is 9.89. The van der Waals surface area contributed by atoms with Crippen molar-refractivity contribution in [3.8, 4) is 5.75 Å². The van der Waals surface area contributed by atoms with Crippen LogP contribution in [0, 0.1) is 5.92 Å². The van der Waals surface area contributed by atoms with Crippen LogP contribution in [0.3, 0.4) is 0 Å². The zero-order chi connectivity index (χ0) is 14.2. The number of hydrogen-bond donors (Lipinski definition) is 1. The number of ether oxygens (including phenoxy) is 1. The van der Waals surface area contributed by atoms with E-state index < -0.39 is 0 Å². The van der Waals surface area contributed by atoms with Crippen molar-refractivity contribution in [1.82, 2.24) is 0 Å². The predicted octanol–water partition coefficient (Wildman–Crippen LogP) is 3.43. The van der Waals surface area contributed by atoms with Gasteiger partial charge in [0.05, 0.1) is 7.11 Å². The minimum absolute atomic E-state index is 0.755. The molecule has 0 heterocycles. The van der Waals surface area contributed by atoms with Crippen LogP contribution in [0.4, 0.5) is 5.69 Å². The van der Waals surface area contributed by atoms with Crippen molar-refractivity contribution in [2.24, 2.45) is 11.7 Å². The summed E-state index contributed by atoms with van der Waals surface area (Å²) < 4.78 is 5.35. The quantitative estimate of drug-likeness (QED) is 0.829. The van der Waals surface area contributed by atoms with Crippen LogP contribution in [0.1, 0.15) is 38.5 Å². The van der Waals surface area contributed by atoms with Crippen molar-refractivity contribution in [2.75, 3.05) is 31.6 Å². The van der Waals surface area contributed by atoms with Gasteiger partial charge in [-0.15, -0.1) is 0 Å². The molecule has 0 bridgehead atoms. The number of anilines is 1. The van der Waals surface area contributed by atoms with Crippen molar-refractivity contribution >= 4 is 5.69 Å². The average molecular weight is 276 g/mol. The molecular formula is C17H28N2O. The van der Waals surface area contributed by atoms with Crippen LogP contribution in [-0.4, -0.2) is 26.7 Å². The number of rotatable bonds is 7. The van der Waals surface area contributed by atoms with Crippen LogP contribution in [-0.2, 0) is 0 Å². The molecular weight excluding hydrogens is 248 g/mol. The zero-order valence-corrected chi connectivity index (χ0v) is 12.7. The van der Waals surface area contributed by atoms with Gasteiger partial charge >= 0.3 is 0 Å². The van der Waals surface area contributed by atoms with Gasteiger partial charge in [0.2, 0.25) is 0 Å². The minimum atomic E-state index is 0.755. The Morgan fingerprint density at radius 1 is 1.25 bits per heavy atom. The van der Waals surface area contributed by atoms with E-state index in [4.69, 9.17) is 10.5 Å². The molecule has 0 aromatic heterocycles. The summed E-state index contributed by atoms with van der Waals surface area (Å²) in [4.78, 5) is 2.49. The average Bonchev–Trinajstić information content (AvgIpc) is 2.52.